The number of ether oxygens (including phenoxy) is 3. The standard InChI is InChI=1S/C20H23N3O7/c1-28-19(26)15-11-30-20(27)23(15)13-6-8-21(9-7-13)17(24)10-22-14-4-2-3-5-16(14)29-12-18(22)25/h2-5,13,15H,6-12H2,1H3/t15-/m1/s1. The Kier molecular flexibility index (Phi) is 5.47. The molecule has 3 amide bonds. The maximum atomic E-state index is 12.8. The van der Waals surface area contributed by atoms with E-state index in [9.17, 15) is 19.2 Å². The Labute approximate surface area is 173 Å². The molecule has 160 valence electrons. The summed E-state index contributed by atoms with van der Waals surface area (Å²) in [7, 11) is 1.27. The number of anilines is 1. The molecule has 2 fully saturated rings. The number of carbonyl (C=O) groups is 4. The summed E-state index contributed by atoms with van der Waals surface area (Å²) in [5, 5.41) is 0. The van der Waals surface area contributed by atoms with Crippen molar-refractivity contribution in [2.24, 2.45) is 0 Å². The molecule has 3 heterocycles. The van der Waals surface area contributed by atoms with Gasteiger partial charge in [-0.1, -0.05) is 12.1 Å². The van der Waals surface area contributed by atoms with Crippen LogP contribution in [0.4, 0.5) is 10.5 Å². The number of para-hydroxylation sites is 2. The van der Waals surface area contributed by atoms with E-state index in [4.69, 9.17) is 14.2 Å². The van der Waals surface area contributed by atoms with E-state index in [-0.39, 0.29) is 37.6 Å². The van der Waals surface area contributed by atoms with Gasteiger partial charge in [0.25, 0.3) is 5.91 Å². The second-order valence-corrected chi connectivity index (χ2v) is 7.37. The van der Waals surface area contributed by atoms with Gasteiger partial charge in [0.1, 0.15) is 18.9 Å². The van der Waals surface area contributed by atoms with E-state index < -0.39 is 18.1 Å². The lowest BCUT2D eigenvalue weighted by Gasteiger charge is -2.38. The number of nitrogens with zero attached hydrogens (tertiary/aromatic N) is 3. The van der Waals surface area contributed by atoms with Gasteiger partial charge in [-0.2, -0.15) is 0 Å². The van der Waals surface area contributed by atoms with Crippen molar-refractivity contribution in [3.63, 3.8) is 0 Å². The number of fused-ring (bicyclic) bond motifs is 1. The van der Waals surface area contributed by atoms with Gasteiger partial charge in [-0.25, -0.2) is 9.59 Å². The zero-order chi connectivity index (χ0) is 21.3. The van der Waals surface area contributed by atoms with E-state index in [0.29, 0.717) is 37.4 Å². The van der Waals surface area contributed by atoms with Gasteiger partial charge in [0.2, 0.25) is 5.91 Å². The molecule has 0 radical (unpaired) electrons. The van der Waals surface area contributed by atoms with E-state index in [1.807, 2.05) is 6.07 Å². The number of esters is 1. The van der Waals surface area contributed by atoms with Crippen molar-refractivity contribution in [2.75, 3.05) is 44.9 Å². The fourth-order valence-electron chi connectivity index (χ4n) is 4.11. The first-order valence-corrected chi connectivity index (χ1v) is 9.82. The summed E-state index contributed by atoms with van der Waals surface area (Å²) in [5.41, 5.74) is 0.581. The Bertz CT molecular complexity index is 866. The molecular weight excluding hydrogens is 394 g/mol. The average Bonchev–Trinajstić information content (AvgIpc) is 3.16. The van der Waals surface area contributed by atoms with E-state index in [0.717, 1.165) is 0 Å². The minimum Gasteiger partial charge on any atom is -0.482 e. The van der Waals surface area contributed by atoms with Crippen molar-refractivity contribution < 1.29 is 33.4 Å². The van der Waals surface area contributed by atoms with Crippen LogP contribution in [0.2, 0.25) is 0 Å². The monoisotopic (exact) mass is 417 g/mol. The van der Waals surface area contributed by atoms with Crippen molar-refractivity contribution in [3.05, 3.63) is 24.3 Å². The smallest absolute Gasteiger partial charge is 0.410 e. The summed E-state index contributed by atoms with van der Waals surface area (Å²) >= 11 is 0. The zero-order valence-electron chi connectivity index (χ0n) is 16.6. The van der Waals surface area contributed by atoms with Crippen LogP contribution in [0.15, 0.2) is 24.3 Å². The third kappa shape index (κ3) is 3.64. The van der Waals surface area contributed by atoms with E-state index in [1.165, 1.54) is 16.9 Å². The molecule has 10 heteroatoms. The second kappa shape index (κ2) is 8.21. The Hall–Kier alpha value is -3.30. The maximum Gasteiger partial charge on any atom is 0.410 e. The van der Waals surface area contributed by atoms with Crippen LogP contribution in [0.25, 0.3) is 0 Å². The molecule has 10 nitrogen and oxygen atoms in total. The van der Waals surface area contributed by atoms with Crippen LogP contribution in [-0.2, 0) is 23.9 Å². The summed E-state index contributed by atoms with van der Waals surface area (Å²) in [6.07, 6.45) is 0.495. The molecule has 0 saturated carbocycles. The molecule has 1 aromatic rings. The zero-order valence-corrected chi connectivity index (χ0v) is 16.6. The first-order valence-electron chi connectivity index (χ1n) is 9.82. The third-order valence-electron chi connectivity index (χ3n) is 5.70. The fraction of sp³-hybridized carbons (Fsp3) is 0.500. The van der Waals surface area contributed by atoms with Gasteiger partial charge in [0, 0.05) is 19.1 Å². The maximum absolute atomic E-state index is 12.8. The van der Waals surface area contributed by atoms with Crippen LogP contribution in [0.3, 0.4) is 0 Å². The van der Waals surface area contributed by atoms with Gasteiger partial charge < -0.3 is 19.1 Å². The lowest BCUT2D eigenvalue weighted by atomic mass is 10.0. The first kappa shape index (κ1) is 20.0. The molecule has 0 N–H and O–H groups in total. The van der Waals surface area contributed by atoms with Crippen LogP contribution in [0, 0.1) is 0 Å². The molecule has 4 rings (SSSR count). The number of amides is 3. The van der Waals surface area contributed by atoms with Crippen molar-refractivity contribution in [1.29, 1.82) is 0 Å². The van der Waals surface area contributed by atoms with Gasteiger partial charge in [-0.3, -0.25) is 19.4 Å². The van der Waals surface area contributed by atoms with Crippen molar-refractivity contribution in [3.8, 4) is 5.75 Å². The number of cyclic esters (lactones) is 1. The van der Waals surface area contributed by atoms with E-state index in [2.05, 4.69) is 0 Å². The van der Waals surface area contributed by atoms with Gasteiger partial charge in [0.15, 0.2) is 12.6 Å². The van der Waals surface area contributed by atoms with Crippen molar-refractivity contribution in [2.45, 2.75) is 24.9 Å². The van der Waals surface area contributed by atoms with Crippen molar-refractivity contribution in [1.82, 2.24) is 9.80 Å². The highest BCUT2D eigenvalue weighted by Crippen LogP contribution is 2.31. The summed E-state index contributed by atoms with van der Waals surface area (Å²) in [5.74, 6) is -0.376. The van der Waals surface area contributed by atoms with E-state index >= 15 is 0 Å². The van der Waals surface area contributed by atoms with Gasteiger partial charge in [0.05, 0.1) is 12.8 Å². The molecule has 0 spiro atoms. The summed E-state index contributed by atoms with van der Waals surface area (Å²) < 4.78 is 15.2. The quantitative estimate of drug-likeness (QED) is 0.653. The largest absolute Gasteiger partial charge is 0.482 e. The van der Waals surface area contributed by atoms with Crippen LogP contribution in [0.1, 0.15) is 12.8 Å². The number of likely N-dealkylation sites (tertiary alicyclic amines) is 1. The molecular formula is C20H23N3O7. The molecule has 0 aromatic heterocycles. The highest BCUT2D eigenvalue weighted by molar-refractivity contribution is 6.02. The summed E-state index contributed by atoms with van der Waals surface area (Å²) in [6.45, 7) is 0.644. The van der Waals surface area contributed by atoms with Gasteiger partial charge in [-0.15, -0.1) is 0 Å². The van der Waals surface area contributed by atoms with Crippen LogP contribution < -0.4 is 9.64 Å². The Morgan fingerprint density at radius 1 is 1.13 bits per heavy atom. The second-order valence-electron chi connectivity index (χ2n) is 7.37. The fourth-order valence-corrected chi connectivity index (χ4v) is 4.11. The van der Waals surface area contributed by atoms with Crippen LogP contribution in [0.5, 0.6) is 5.75 Å². The molecule has 0 bridgehead atoms. The topological polar surface area (TPSA) is 106 Å². The van der Waals surface area contributed by atoms with Gasteiger partial charge >= 0.3 is 12.1 Å². The highest BCUT2D eigenvalue weighted by Gasteiger charge is 2.44. The number of carbonyl (C=O) groups excluding carboxylic acids is 4. The lowest BCUT2D eigenvalue weighted by Crippen LogP contribution is -2.53. The molecule has 3 aliphatic rings. The molecule has 3 aliphatic heterocycles. The molecule has 0 aliphatic carbocycles. The summed E-state index contributed by atoms with van der Waals surface area (Å²) in [4.78, 5) is 53.7. The Balaban J connectivity index is 1.38. The number of methoxy groups -OCH3 is 1. The highest BCUT2D eigenvalue weighted by atomic mass is 16.6. The van der Waals surface area contributed by atoms with E-state index in [1.54, 1.807) is 23.1 Å². The molecule has 30 heavy (non-hydrogen) atoms. The molecule has 1 atom stereocenters. The third-order valence-corrected chi connectivity index (χ3v) is 5.70. The van der Waals surface area contributed by atoms with Gasteiger partial charge in [-0.05, 0) is 25.0 Å². The molecule has 2 saturated heterocycles. The Morgan fingerprint density at radius 3 is 2.60 bits per heavy atom. The minimum absolute atomic E-state index is 0.0246. The minimum atomic E-state index is -0.753. The molecule has 0 unspecified atom stereocenters. The first-order chi connectivity index (χ1) is 14.5. The number of benzene rings is 1. The molecule has 1 aromatic carbocycles. The number of hydrogen-bond acceptors (Lipinski definition) is 7. The predicted molar refractivity (Wildman–Crippen MR) is 103 cm³/mol. The predicted octanol–water partition coefficient (Wildman–Crippen LogP) is 0.397. The van der Waals surface area contributed by atoms with Crippen molar-refractivity contribution >= 4 is 29.6 Å². The SMILES string of the molecule is COC(=O)[C@H]1COC(=O)N1C1CCN(C(=O)CN2C(=O)COc3ccccc32)CC1. The lowest BCUT2D eigenvalue weighted by molar-refractivity contribution is -0.146. The van der Waals surface area contributed by atoms with Crippen LogP contribution >= 0.6 is 0 Å². The number of hydrogen-bond donors (Lipinski definition) is 0. The van der Waals surface area contributed by atoms with Crippen LogP contribution in [-0.4, -0.2) is 85.7 Å². The number of piperidine rings is 1. The summed E-state index contributed by atoms with van der Waals surface area (Å²) in [6, 6.07) is 6.15. The normalized spacial score (nSPS) is 21.8. The average molecular weight is 417 g/mol. The number of rotatable bonds is 4. The Morgan fingerprint density at radius 2 is 1.87 bits per heavy atom.